The minimum atomic E-state index is 1.16. The highest BCUT2D eigenvalue weighted by molar-refractivity contribution is 6.33. The lowest BCUT2D eigenvalue weighted by Gasteiger charge is -2.17. The molecule has 0 atom stereocenters. The SMILES string of the molecule is c1ccc(-c2cc3cc4c(cc(-c5ccccc5)c5c4ccc4c5c5ccccc5n4-c4ccccc4)cc3c3ccc4c(c5ccccc5n4-c4ccccc4)c23)cc1. The number of rotatable bonds is 4. The van der Waals surface area contributed by atoms with Crippen molar-refractivity contribution in [3.63, 3.8) is 0 Å². The van der Waals surface area contributed by atoms with Crippen LogP contribution in [0.15, 0.2) is 218 Å². The summed E-state index contributed by atoms with van der Waals surface area (Å²) < 4.78 is 4.86. The molecule has 0 aliphatic heterocycles. The third kappa shape index (κ3) is 4.70. The summed E-state index contributed by atoms with van der Waals surface area (Å²) in [4.78, 5) is 0. The van der Waals surface area contributed by atoms with Gasteiger partial charge in [0.05, 0.1) is 22.1 Å². The van der Waals surface area contributed by atoms with Gasteiger partial charge < -0.3 is 9.13 Å². The summed E-state index contributed by atoms with van der Waals surface area (Å²) in [6.07, 6.45) is 0. The van der Waals surface area contributed by atoms with Crippen molar-refractivity contribution in [3.05, 3.63) is 218 Å². The molecule has 0 bridgehead atoms. The zero-order valence-corrected chi connectivity index (χ0v) is 32.7. The highest BCUT2D eigenvalue weighted by atomic mass is 15.0. The number of aromatic nitrogens is 2. The molecule has 0 fully saturated rings. The summed E-state index contributed by atoms with van der Waals surface area (Å²) in [6, 6.07) is 80.5. The molecule has 13 aromatic rings. The Morgan fingerprint density at radius 1 is 0.233 bits per heavy atom. The molecular weight excluding hydrogens is 725 g/mol. The van der Waals surface area contributed by atoms with E-state index in [0.717, 1.165) is 11.4 Å². The van der Waals surface area contributed by atoms with Gasteiger partial charge in [0.1, 0.15) is 0 Å². The number of hydrogen-bond acceptors (Lipinski definition) is 0. The Labute approximate surface area is 346 Å². The van der Waals surface area contributed by atoms with Crippen molar-refractivity contribution in [1.29, 1.82) is 0 Å². The molecule has 11 aromatic carbocycles. The van der Waals surface area contributed by atoms with E-state index in [1.807, 2.05) is 0 Å². The van der Waals surface area contributed by atoms with Gasteiger partial charge in [-0.05, 0) is 127 Å². The van der Waals surface area contributed by atoms with E-state index in [0.29, 0.717) is 0 Å². The van der Waals surface area contributed by atoms with Gasteiger partial charge in [0.15, 0.2) is 0 Å². The molecule has 2 heteroatoms. The minimum Gasteiger partial charge on any atom is -0.309 e. The lowest BCUT2D eigenvalue weighted by molar-refractivity contribution is 1.18. The van der Waals surface area contributed by atoms with E-state index in [1.54, 1.807) is 0 Å². The summed E-state index contributed by atoms with van der Waals surface area (Å²) in [7, 11) is 0. The molecule has 0 unspecified atom stereocenters. The first-order chi connectivity index (χ1) is 29.8. The molecule has 13 rings (SSSR count). The first-order valence-electron chi connectivity index (χ1n) is 20.8. The summed E-state index contributed by atoms with van der Waals surface area (Å²) in [6.45, 7) is 0. The van der Waals surface area contributed by atoms with Crippen LogP contribution >= 0.6 is 0 Å². The third-order valence-corrected chi connectivity index (χ3v) is 12.8. The minimum absolute atomic E-state index is 1.16. The van der Waals surface area contributed by atoms with E-state index in [-0.39, 0.29) is 0 Å². The third-order valence-electron chi connectivity index (χ3n) is 12.8. The zero-order chi connectivity index (χ0) is 39.3. The maximum Gasteiger partial charge on any atom is 0.0547 e. The molecule has 2 aromatic heterocycles. The lowest BCUT2D eigenvalue weighted by atomic mass is 9.86. The largest absolute Gasteiger partial charge is 0.309 e. The average Bonchev–Trinajstić information content (AvgIpc) is 3.85. The van der Waals surface area contributed by atoms with Crippen molar-refractivity contribution in [3.8, 4) is 33.6 Å². The second-order valence-corrected chi connectivity index (χ2v) is 16.0. The molecule has 0 N–H and O–H groups in total. The molecule has 0 saturated heterocycles. The molecule has 0 aliphatic rings. The quantitative estimate of drug-likeness (QED) is 0.125. The summed E-state index contributed by atoms with van der Waals surface area (Å²) >= 11 is 0. The van der Waals surface area contributed by atoms with E-state index in [4.69, 9.17) is 0 Å². The van der Waals surface area contributed by atoms with Crippen molar-refractivity contribution in [2.24, 2.45) is 0 Å². The van der Waals surface area contributed by atoms with Crippen LogP contribution in [0.1, 0.15) is 0 Å². The normalized spacial score (nSPS) is 12.0. The van der Waals surface area contributed by atoms with Crippen LogP contribution < -0.4 is 0 Å². The van der Waals surface area contributed by atoms with Crippen LogP contribution in [0.2, 0.25) is 0 Å². The smallest absolute Gasteiger partial charge is 0.0547 e. The fourth-order valence-corrected chi connectivity index (χ4v) is 10.3. The van der Waals surface area contributed by atoms with E-state index in [1.165, 1.54) is 109 Å². The van der Waals surface area contributed by atoms with Gasteiger partial charge in [-0.3, -0.25) is 0 Å². The number of para-hydroxylation sites is 4. The van der Waals surface area contributed by atoms with Crippen LogP contribution in [0.3, 0.4) is 0 Å². The van der Waals surface area contributed by atoms with Gasteiger partial charge in [-0.15, -0.1) is 0 Å². The molecule has 0 amide bonds. The van der Waals surface area contributed by atoms with Crippen LogP contribution in [0, 0.1) is 0 Å². The second-order valence-electron chi connectivity index (χ2n) is 16.0. The monoisotopic (exact) mass is 760 g/mol. The van der Waals surface area contributed by atoms with Crippen LogP contribution in [0.4, 0.5) is 0 Å². The number of nitrogens with zero attached hydrogens (tertiary/aromatic N) is 2. The highest BCUT2D eigenvalue weighted by Gasteiger charge is 2.22. The van der Waals surface area contributed by atoms with Gasteiger partial charge in [-0.25, -0.2) is 0 Å². The van der Waals surface area contributed by atoms with Crippen LogP contribution in [-0.2, 0) is 0 Å². The maximum absolute atomic E-state index is 2.47. The van der Waals surface area contributed by atoms with Crippen molar-refractivity contribution in [2.75, 3.05) is 0 Å². The number of benzene rings is 11. The van der Waals surface area contributed by atoms with Crippen LogP contribution in [-0.4, -0.2) is 9.13 Å². The molecule has 278 valence electrons. The average molecular weight is 761 g/mol. The van der Waals surface area contributed by atoms with Gasteiger partial charge in [-0.2, -0.15) is 0 Å². The summed E-state index contributed by atoms with van der Waals surface area (Å²) in [5.74, 6) is 0. The fraction of sp³-hybridized carbons (Fsp3) is 0. The Hall–Kier alpha value is -7.94. The predicted molar refractivity (Wildman–Crippen MR) is 256 cm³/mol. The number of fused-ring (bicyclic) bond motifs is 14. The molecule has 0 saturated carbocycles. The second kappa shape index (κ2) is 12.8. The Balaban J connectivity index is 1.20. The predicted octanol–water partition coefficient (Wildman–Crippen LogP) is 15.8. The molecule has 0 aliphatic carbocycles. The zero-order valence-electron chi connectivity index (χ0n) is 32.7. The Kier molecular flexibility index (Phi) is 7.05. The summed E-state index contributed by atoms with van der Waals surface area (Å²) in [5.41, 5.74) is 12.1. The maximum atomic E-state index is 2.47. The van der Waals surface area contributed by atoms with Crippen molar-refractivity contribution in [2.45, 2.75) is 0 Å². The molecule has 0 radical (unpaired) electrons. The highest BCUT2D eigenvalue weighted by Crippen LogP contribution is 2.48. The summed E-state index contributed by atoms with van der Waals surface area (Å²) in [5, 5.41) is 15.2. The standard InChI is InChI=1S/C58H36N2/c1-5-17-37(18-6-1)49-35-39-33-48-40(34-47(39)43-29-31-53-57(55(43)49)45-25-13-15-27-51(45)59(53)41-21-9-3-10-22-41)36-50(38-19-7-2-8-20-38)56-44(48)30-32-54-58(56)46-26-14-16-28-52(46)60(54)42-23-11-4-12-24-42/h1-36H. The van der Waals surface area contributed by atoms with Gasteiger partial charge in [0.25, 0.3) is 0 Å². The van der Waals surface area contributed by atoms with Gasteiger partial charge in [0.2, 0.25) is 0 Å². The Morgan fingerprint density at radius 2 is 0.600 bits per heavy atom. The van der Waals surface area contributed by atoms with Crippen molar-refractivity contribution >= 4 is 86.7 Å². The van der Waals surface area contributed by atoms with E-state index in [9.17, 15) is 0 Å². The molecule has 0 spiro atoms. The van der Waals surface area contributed by atoms with Gasteiger partial charge >= 0.3 is 0 Å². The topological polar surface area (TPSA) is 9.86 Å². The molecular formula is C58H36N2. The van der Waals surface area contributed by atoms with Crippen molar-refractivity contribution in [1.82, 2.24) is 9.13 Å². The van der Waals surface area contributed by atoms with Gasteiger partial charge in [0, 0.05) is 43.7 Å². The first kappa shape index (κ1) is 33.1. The van der Waals surface area contributed by atoms with Crippen molar-refractivity contribution < 1.29 is 0 Å². The number of hydrogen-bond donors (Lipinski definition) is 0. The van der Waals surface area contributed by atoms with Crippen LogP contribution in [0.5, 0.6) is 0 Å². The Bertz CT molecular complexity index is 3580. The molecule has 2 heterocycles. The first-order valence-corrected chi connectivity index (χ1v) is 20.8. The Morgan fingerprint density at radius 3 is 1.02 bits per heavy atom. The van der Waals surface area contributed by atoms with Gasteiger partial charge in [-0.1, -0.05) is 146 Å². The van der Waals surface area contributed by atoms with E-state index >= 15 is 0 Å². The van der Waals surface area contributed by atoms with E-state index in [2.05, 4.69) is 228 Å². The van der Waals surface area contributed by atoms with Crippen LogP contribution in [0.25, 0.3) is 120 Å². The fourth-order valence-electron chi connectivity index (χ4n) is 10.3. The lowest BCUT2D eigenvalue weighted by Crippen LogP contribution is -1.94. The van der Waals surface area contributed by atoms with E-state index < -0.39 is 0 Å². The molecule has 2 nitrogen and oxygen atoms in total. The molecule has 60 heavy (non-hydrogen) atoms.